The predicted molar refractivity (Wildman–Crippen MR) is 94.9 cm³/mol. The van der Waals surface area contributed by atoms with Crippen molar-refractivity contribution >= 4 is 11.8 Å². The van der Waals surface area contributed by atoms with Crippen LogP contribution in [-0.2, 0) is 27.4 Å². The van der Waals surface area contributed by atoms with Gasteiger partial charge < -0.3 is 4.74 Å². The quantitative estimate of drug-likeness (QED) is 0.778. The first-order valence-electron chi connectivity index (χ1n) is 8.76. The number of ether oxygens (including phenoxy) is 1. The summed E-state index contributed by atoms with van der Waals surface area (Å²) in [5.41, 5.74) is 2.90. The maximum atomic E-state index is 12.2. The molecule has 0 saturated heterocycles. The zero-order chi connectivity index (χ0) is 17.6. The molecule has 0 amide bonds. The van der Waals surface area contributed by atoms with Crippen LogP contribution < -0.4 is 0 Å². The van der Waals surface area contributed by atoms with Crippen LogP contribution in [0.1, 0.15) is 48.8 Å². The van der Waals surface area contributed by atoms with Crippen LogP contribution in [0.25, 0.3) is 0 Å². The van der Waals surface area contributed by atoms with Crippen LogP contribution in [0, 0.1) is 5.92 Å². The minimum Gasteiger partial charge on any atom is -0.461 e. The summed E-state index contributed by atoms with van der Waals surface area (Å²) in [4.78, 5) is 28.3. The third-order valence-corrected chi connectivity index (χ3v) is 4.70. The number of ketones is 1. The van der Waals surface area contributed by atoms with Gasteiger partial charge in [0.15, 0.2) is 0 Å². The number of carbonyl (C=O) groups is 2. The van der Waals surface area contributed by atoms with E-state index in [2.05, 4.69) is 11.9 Å². The fourth-order valence-corrected chi connectivity index (χ4v) is 3.56. The van der Waals surface area contributed by atoms with E-state index in [0.717, 1.165) is 23.1 Å². The summed E-state index contributed by atoms with van der Waals surface area (Å²) in [6.45, 7) is 2.38. The zero-order valence-corrected chi connectivity index (χ0v) is 14.5. The lowest BCUT2D eigenvalue weighted by Gasteiger charge is -2.27. The molecule has 1 aliphatic carbocycles. The second kappa shape index (κ2) is 8.06. The van der Waals surface area contributed by atoms with E-state index in [0.29, 0.717) is 24.5 Å². The summed E-state index contributed by atoms with van der Waals surface area (Å²) >= 11 is 0. The molecule has 1 aromatic carbocycles. The van der Waals surface area contributed by atoms with Crippen LogP contribution in [0.5, 0.6) is 0 Å². The van der Waals surface area contributed by atoms with Gasteiger partial charge in [-0.05, 0) is 41.0 Å². The molecule has 0 spiro atoms. The molecule has 4 heteroatoms. The van der Waals surface area contributed by atoms with Gasteiger partial charge in [-0.1, -0.05) is 37.3 Å². The van der Waals surface area contributed by atoms with Crippen LogP contribution in [0.3, 0.4) is 0 Å². The maximum Gasteiger partial charge on any atom is 0.310 e. The topological polar surface area (TPSA) is 56.3 Å². The molecule has 1 fully saturated rings. The van der Waals surface area contributed by atoms with Gasteiger partial charge in [0.25, 0.3) is 0 Å². The molecule has 130 valence electrons. The monoisotopic (exact) mass is 337 g/mol. The molecule has 25 heavy (non-hydrogen) atoms. The van der Waals surface area contributed by atoms with E-state index in [-0.39, 0.29) is 24.9 Å². The van der Waals surface area contributed by atoms with Gasteiger partial charge in [0, 0.05) is 25.2 Å². The Hall–Kier alpha value is -2.49. The Morgan fingerprint density at radius 3 is 2.76 bits per heavy atom. The maximum absolute atomic E-state index is 12.2. The molecule has 1 saturated carbocycles. The van der Waals surface area contributed by atoms with Gasteiger partial charge in [0.1, 0.15) is 12.4 Å². The smallest absolute Gasteiger partial charge is 0.310 e. The van der Waals surface area contributed by atoms with Gasteiger partial charge in [-0.3, -0.25) is 14.6 Å². The number of benzene rings is 1. The molecule has 0 unspecified atom stereocenters. The number of hydrogen-bond acceptors (Lipinski definition) is 4. The average Bonchev–Trinajstić information content (AvgIpc) is 2.60. The lowest BCUT2D eigenvalue weighted by Crippen LogP contribution is -2.21. The molecule has 2 aromatic rings. The molecule has 1 aliphatic rings. The zero-order valence-electron chi connectivity index (χ0n) is 14.5. The minimum atomic E-state index is -0.270. The first-order chi connectivity index (χ1) is 12.1. The highest BCUT2D eigenvalue weighted by molar-refractivity contribution is 5.80. The van der Waals surface area contributed by atoms with Crippen LogP contribution in [0.15, 0.2) is 48.8 Å². The molecule has 1 aromatic heterocycles. The Kier molecular flexibility index (Phi) is 5.59. The molecule has 1 heterocycles. The second-order valence-electron chi connectivity index (χ2n) is 6.88. The summed E-state index contributed by atoms with van der Waals surface area (Å²) in [7, 11) is 0. The summed E-state index contributed by atoms with van der Waals surface area (Å²) in [6, 6.07) is 11.6. The summed E-state index contributed by atoms with van der Waals surface area (Å²) in [5, 5.41) is 0. The highest BCUT2D eigenvalue weighted by atomic mass is 16.5. The first kappa shape index (κ1) is 17.3. The second-order valence-corrected chi connectivity index (χ2v) is 6.88. The number of carbonyl (C=O) groups excluding carboxylic acids is 2. The van der Waals surface area contributed by atoms with Crippen molar-refractivity contribution in [2.24, 2.45) is 5.92 Å². The Morgan fingerprint density at radius 1 is 1.20 bits per heavy atom. The number of rotatable bonds is 5. The molecule has 0 radical (unpaired) electrons. The Balaban J connectivity index is 1.66. The van der Waals surface area contributed by atoms with Gasteiger partial charge in [0.2, 0.25) is 0 Å². The molecule has 3 rings (SSSR count). The van der Waals surface area contributed by atoms with Crippen molar-refractivity contribution in [2.75, 3.05) is 0 Å². The van der Waals surface area contributed by atoms with Crippen LogP contribution in [-0.4, -0.2) is 16.7 Å². The molecular weight excluding hydrogens is 314 g/mol. The molecular formula is C21H23NO3. The third kappa shape index (κ3) is 4.75. The minimum absolute atomic E-state index is 0.177. The molecule has 0 N–H and O–H groups in total. The van der Waals surface area contributed by atoms with Crippen LogP contribution >= 0.6 is 0 Å². The molecule has 0 bridgehead atoms. The Bertz CT molecular complexity index is 742. The van der Waals surface area contributed by atoms with Gasteiger partial charge in [0.05, 0.1) is 6.42 Å². The van der Waals surface area contributed by atoms with E-state index in [1.807, 2.05) is 36.4 Å². The van der Waals surface area contributed by atoms with Crippen molar-refractivity contribution < 1.29 is 14.3 Å². The molecule has 2 atom stereocenters. The van der Waals surface area contributed by atoms with E-state index in [4.69, 9.17) is 4.74 Å². The summed E-state index contributed by atoms with van der Waals surface area (Å²) < 4.78 is 5.38. The number of nitrogens with zero attached hydrogens (tertiary/aromatic N) is 1. The van der Waals surface area contributed by atoms with Crippen molar-refractivity contribution in [3.63, 3.8) is 0 Å². The number of esters is 1. The lowest BCUT2D eigenvalue weighted by molar-refractivity contribution is -0.144. The fourth-order valence-electron chi connectivity index (χ4n) is 3.56. The third-order valence-electron chi connectivity index (χ3n) is 4.70. The van der Waals surface area contributed by atoms with E-state index >= 15 is 0 Å². The standard InChI is InChI=1S/C21H23NO3/c1-15-9-17(11-19(23)10-15)20-7-8-22-13-18(20)12-21(24)25-14-16-5-3-2-4-6-16/h2-8,13,15,17H,9-12,14H2,1H3/t15-,17+/m0/s1. The van der Waals surface area contributed by atoms with Crippen LogP contribution in [0.2, 0.25) is 0 Å². The number of hydrogen-bond donors (Lipinski definition) is 0. The van der Waals surface area contributed by atoms with E-state index in [1.165, 1.54) is 0 Å². The molecule has 4 nitrogen and oxygen atoms in total. The number of aromatic nitrogens is 1. The highest BCUT2D eigenvalue weighted by Crippen LogP contribution is 2.35. The van der Waals surface area contributed by atoms with Crippen LogP contribution in [0.4, 0.5) is 0 Å². The molecule has 0 aliphatic heterocycles. The lowest BCUT2D eigenvalue weighted by atomic mass is 9.77. The van der Waals surface area contributed by atoms with Gasteiger partial charge in [-0.25, -0.2) is 0 Å². The normalized spacial score (nSPS) is 20.3. The van der Waals surface area contributed by atoms with Crippen molar-refractivity contribution in [1.82, 2.24) is 4.98 Å². The fraction of sp³-hybridized carbons (Fsp3) is 0.381. The number of Topliss-reactive ketones (excluding diaryl/α,β-unsaturated/α-hetero) is 1. The van der Waals surface area contributed by atoms with Gasteiger partial charge >= 0.3 is 5.97 Å². The largest absolute Gasteiger partial charge is 0.461 e. The Labute approximate surface area is 148 Å². The van der Waals surface area contributed by atoms with E-state index in [9.17, 15) is 9.59 Å². The average molecular weight is 337 g/mol. The number of pyridine rings is 1. The highest BCUT2D eigenvalue weighted by Gasteiger charge is 2.27. The SMILES string of the molecule is C[C@@H]1CC(=O)C[C@H](c2ccncc2CC(=O)OCc2ccccc2)C1. The van der Waals surface area contributed by atoms with Crippen molar-refractivity contribution in [3.8, 4) is 0 Å². The summed E-state index contributed by atoms with van der Waals surface area (Å²) in [6.07, 6.45) is 5.84. The summed E-state index contributed by atoms with van der Waals surface area (Å²) in [5.74, 6) is 0.597. The van der Waals surface area contributed by atoms with Gasteiger partial charge in [-0.2, -0.15) is 0 Å². The Morgan fingerprint density at radius 2 is 2.00 bits per heavy atom. The van der Waals surface area contributed by atoms with Crippen molar-refractivity contribution in [2.45, 2.75) is 45.1 Å². The first-order valence-corrected chi connectivity index (χ1v) is 8.76. The van der Waals surface area contributed by atoms with E-state index in [1.54, 1.807) is 12.4 Å². The van der Waals surface area contributed by atoms with Crippen molar-refractivity contribution in [3.05, 3.63) is 65.5 Å². The predicted octanol–water partition coefficient (Wildman–Crippen LogP) is 3.84. The van der Waals surface area contributed by atoms with Crippen molar-refractivity contribution in [1.29, 1.82) is 0 Å². The van der Waals surface area contributed by atoms with Gasteiger partial charge in [-0.15, -0.1) is 0 Å². The van der Waals surface area contributed by atoms with E-state index < -0.39 is 0 Å².